The van der Waals surface area contributed by atoms with Crippen LogP contribution in [0.25, 0.3) is 0 Å². The van der Waals surface area contributed by atoms with Crippen molar-refractivity contribution in [3.05, 3.63) is 45.1 Å². The standard InChI is InChI=1S/C15H18BrNO3S/c1-19-13-2-4-14(5-3-13)20-9-12(18)7-17-8-15-6-11(16)10-21-15/h2-6,10,12,17-18H,7-9H2,1H3. The van der Waals surface area contributed by atoms with Crippen LogP contribution in [-0.4, -0.2) is 31.5 Å². The fourth-order valence-corrected chi connectivity index (χ4v) is 3.15. The monoisotopic (exact) mass is 371 g/mol. The molecule has 1 aromatic carbocycles. The first-order valence-electron chi connectivity index (χ1n) is 6.56. The molecule has 0 aliphatic rings. The van der Waals surface area contributed by atoms with Crippen molar-refractivity contribution in [2.24, 2.45) is 0 Å². The van der Waals surface area contributed by atoms with Crippen molar-refractivity contribution in [2.75, 3.05) is 20.3 Å². The zero-order valence-electron chi connectivity index (χ0n) is 11.7. The van der Waals surface area contributed by atoms with E-state index in [9.17, 15) is 5.11 Å². The Morgan fingerprint density at radius 2 is 2.00 bits per heavy atom. The molecule has 2 rings (SSSR count). The molecule has 1 unspecified atom stereocenters. The highest BCUT2D eigenvalue weighted by molar-refractivity contribution is 9.10. The van der Waals surface area contributed by atoms with Gasteiger partial charge in [0.1, 0.15) is 24.2 Å². The summed E-state index contributed by atoms with van der Waals surface area (Å²) in [5, 5.41) is 15.1. The van der Waals surface area contributed by atoms with Crippen LogP contribution in [-0.2, 0) is 6.54 Å². The van der Waals surface area contributed by atoms with Crippen LogP contribution >= 0.6 is 27.3 Å². The van der Waals surface area contributed by atoms with Crippen LogP contribution < -0.4 is 14.8 Å². The van der Waals surface area contributed by atoms with Gasteiger partial charge in [0.2, 0.25) is 0 Å². The first-order chi connectivity index (χ1) is 10.2. The Bertz CT molecular complexity index is 544. The van der Waals surface area contributed by atoms with Crippen molar-refractivity contribution >= 4 is 27.3 Å². The fraction of sp³-hybridized carbons (Fsp3) is 0.333. The van der Waals surface area contributed by atoms with Gasteiger partial charge < -0.3 is 19.9 Å². The Morgan fingerprint density at radius 1 is 1.29 bits per heavy atom. The number of aliphatic hydroxyl groups is 1. The zero-order chi connectivity index (χ0) is 15.1. The van der Waals surface area contributed by atoms with E-state index in [-0.39, 0.29) is 6.61 Å². The van der Waals surface area contributed by atoms with Crippen molar-refractivity contribution in [3.63, 3.8) is 0 Å². The van der Waals surface area contributed by atoms with Gasteiger partial charge in [-0.15, -0.1) is 11.3 Å². The van der Waals surface area contributed by atoms with E-state index in [2.05, 4.69) is 27.3 Å². The summed E-state index contributed by atoms with van der Waals surface area (Å²) in [5.41, 5.74) is 0. The average Bonchev–Trinajstić information content (AvgIpc) is 2.91. The number of hydrogen-bond acceptors (Lipinski definition) is 5. The summed E-state index contributed by atoms with van der Waals surface area (Å²) in [6, 6.07) is 9.37. The number of thiophene rings is 1. The number of benzene rings is 1. The molecule has 0 bridgehead atoms. The van der Waals surface area contributed by atoms with Crippen molar-refractivity contribution in [1.82, 2.24) is 5.32 Å². The molecule has 4 nitrogen and oxygen atoms in total. The molecule has 0 spiro atoms. The number of ether oxygens (including phenoxy) is 2. The average molecular weight is 372 g/mol. The lowest BCUT2D eigenvalue weighted by molar-refractivity contribution is 0.106. The van der Waals surface area contributed by atoms with Crippen LogP contribution in [0.5, 0.6) is 11.5 Å². The van der Waals surface area contributed by atoms with Crippen LogP contribution in [0.4, 0.5) is 0 Å². The molecule has 1 atom stereocenters. The van der Waals surface area contributed by atoms with Crippen LogP contribution in [0.2, 0.25) is 0 Å². The summed E-state index contributed by atoms with van der Waals surface area (Å²) in [4.78, 5) is 1.23. The minimum atomic E-state index is -0.546. The molecular formula is C15H18BrNO3S. The van der Waals surface area contributed by atoms with Crippen LogP contribution in [0.15, 0.2) is 40.2 Å². The van der Waals surface area contributed by atoms with Crippen molar-refractivity contribution in [3.8, 4) is 11.5 Å². The summed E-state index contributed by atoms with van der Waals surface area (Å²) in [6.07, 6.45) is -0.546. The maximum absolute atomic E-state index is 9.88. The predicted molar refractivity (Wildman–Crippen MR) is 88.2 cm³/mol. The predicted octanol–water partition coefficient (Wildman–Crippen LogP) is 3.05. The maximum atomic E-state index is 9.88. The molecule has 0 saturated heterocycles. The van der Waals surface area contributed by atoms with Crippen molar-refractivity contribution < 1.29 is 14.6 Å². The Morgan fingerprint density at radius 3 is 2.62 bits per heavy atom. The summed E-state index contributed by atoms with van der Waals surface area (Å²) < 4.78 is 11.7. The number of halogens is 1. The molecule has 21 heavy (non-hydrogen) atoms. The molecule has 0 saturated carbocycles. The Labute approximate surface area is 136 Å². The largest absolute Gasteiger partial charge is 0.497 e. The summed E-state index contributed by atoms with van der Waals surface area (Å²) in [5.74, 6) is 1.50. The van der Waals surface area contributed by atoms with Gasteiger partial charge in [-0.1, -0.05) is 0 Å². The summed E-state index contributed by atoms with van der Waals surface area (Å²) in [7, 11) is 1.62. The lowest BCUT2D eigenvalue weighted by atomic mass is 10.3. The van der Waals surface area contributed by atoms with E-state index in [4.69, 9.17) is 9.47 Å². The van der Waals surface area contributed by atoms with E-state index in [0.717, 1.165) is 22.5 Å². The number of hydrogen-bond donors (Lipinski definition) is 2. The van der Waals surface area contributed by atoms with Gasteiger partial charge in [0.15, 0.2) is 0 Å². The number of rotatable bonds is 8. The third kappa shape index (κ3) is 5.67. The zero-order valence-corrected chi connectivity index (χ0v) is 14.1. The van der Waals surface area contributed by atoms with E-state index in [1.165, 1.54) is 4.88 Å². The number of methoxy groups -OCH3 is 1. The van der Waals surface area contributed by atoms with Crippen LogP contribution in [0, 0.1) is 0 Å². The van der Waals surface area contributed by atoms with E-state index >= 15 is 0 Å². The van der Waals surface area contributed by atoms with E-state index < -0.39 is 6.10 Å². The van der Waals surface area contributed by atoms with Gasteiger partial charge >= 0.3 is 0 Å². The molecule has 0 amide bonds. The normalized spacial score (nSPS) is 12.1. The summed E-state index contributed by atoms with van der Waals surface area (Å²) in [6.45, 7) is 1.50. The first-order valence-corrected chi connectivity index (χ1v) is 8.23. The minimum absolute atomic E-state index is 0.257. The summed E-state index contributed by atoms with van der Waals surface area (Å²) >= 11 is 5.10. The number of nitrogens with one attached hydrogen (secondary N) is 1. The van der Waals surface area contributed by atoms with E-state index in [1.807, 2.05) is 29.6 Å². The van der Waals surface area contributed by atoms with Gasteiger partial charge in [0.25, 0.3) is 0 Å². The van der Waals surface area contributed by atoms with Gasteiger partial charge in [-0.3, -0.25) is 0 Å². The van der Waals surface area contributed by atoms with Gasteiger partial charge in [-0.25, -0.2) is 0 Å². The Balaban J connectivity index is 1.65. The smallest absolute Gasteiger partial charge is 0.119 e. The quantitative estimate of drug-likeness (QED) is 0.748. The Hall–Kier alpha value is -1.08. The third-order valence-electron chi connectivity index (χ3n) is 2.80. The van der Waals surface area contributed by atoms with E-state index in [1.54, 1.807) is 18.4 Å². The third-order valence-corrected chi connectivity index (χ3v) is 4.50. The van der Waals surface area contributed by atoms with Gasteiger partial charge in [0, 0.05) is 27.8 Å². The molecule has 0 aliphatic carbocycles. The molecule has 114 valence electrons. The topological polar surface area (TPSA) is 50.7 Å². The minimum Gasteiger partial charge on any atom is -0.497 e. The molecule has 1 aromatic heterocycles. The Kier molecular flexibility index (Phi) is 6.50. The highest BCUT2D eigenvalue weighted by atomic mass is 79.9. The highest BCUT2D eigenvalue weighted by Crippen LogP contribution is 2.19. The lowest BCUT2D eigenvalue weighted by Crippen LogP contribution is -2.30. The second-order valence-electron chi connectivity index (χ2n) is 4.50. The fourth-order valence-electron chi connectivity index (χ4n) is 1.73. The lowest BCUT2D eigenvalue weighted by Gasteiger charge is -2.13. The molecule has 0 aliphatic heterocycles. The van der Waals surface area contributed by atoms with Crippen molar-refractivity contribution in [2.45, 2.75) is 12.6 Å². The number of aliphatic hydroxyl groups excluding tert-OH is 1. The highest BCUT2D eigenvalue weighted by Gasteiger charge is 2.06. The van der Waals surface area contributed by atoms with Crippen molar-refractivity contribution in [1.29, 1.82) is 0 Å². The van der Waals surface area contributed by atoms with Gasteiger partial charge in [0.05, 0.1) is 7.11 Å². The SMILES string of the molecule is COc1ccc(OCC(O)CNCc2cc(Br)cs2)cc1. The van der Waals surface area contributed by atoms with Gasteiger partial charge in [-0.05, 0) is 46.3 Å². The molecule has 1 heterocycles. The molecule has 6 heteroatoms. The van der Waals surface area contributed by atoms with Crippen LogP contribution in [0.3, 0.4) is 0 Å². The molecule has 0 fully saturated rings. The first kappa shape index (κ1) is 16.3. The molecule has 2 aromatic rings. The molecule has 0 radical (unpaired) electrons. The molecule has 2 N–H and O–H groups in total. The second kappa shape index (κ2) is 8.38. The van der Waals surface area contributed by atoms with Gasteiger partial charge in [-0.2, -0.15) is 0 Å². The maximum Gasteiger partial charge on any atom is 0.119 e. The molecular weight excluding hydrogens is 354 g/mol. The van der Waals surface area contributed by atoms with E-state index in [0.29, 0.717) is 6.54 Å². The van der Waals surface area contributed by atoms with Crippen LogP contribution in [0.1, 0.15) is 4.88 Å². The second-order valence-corrected chi connectivity index (χ2v) is 6.41.